The van der Waals surface area contributed by atoms with Gasteiger partial charge in [-0.2, -0.15) is 13.2 Å². The Morgan fingerprint density at radius 2 is 1.71 bits per heavy atom. The summed E-state index contributed by atoms with van der Waals surface area (Å²) in [5.41, 5.74) is 0.915. The van der Waals surface area contributed by atoms with Gasteiger partial charge < -0.3 is 5.32 Å². The fourth-order valence-corrected chi connectivity index (χ4v) is 2.64. The van der Waals surface area contributed by atoms with Crippen LogP contribution in [0.1, 0.15) is 25.3 Å². The molecule has 1 aromatic rings. The molecule has 0 fully saturated rings. The van der Waals surface area contributed by atoms with Gasteiger partial charge >= 0.3 is 6.18 Å². The smallest absolute Gasteiger partial charge is 0.313 e. The van der Waals surface area contributed by atoms with Crippen molar-refractivity contribution in [3.8, 4) is 0 Å². The highest BCUT2D eigenvalue weighted by Crippen LogP contribution is 2.19. The predicted octanol–water partition coefficient (Wildman–Crippen LogP) is 2.42. The number of alkyl halides is 3. The zero-order valence-electron chi connectivity index (χ0n) is 11.7. The lowest BCUT2D eigenvalue weighted by Gasteiger charge is -2.09. The Labute approximate surface area is 122 Å². The second kappa shape index (κ2) is 7.77. The minimum atomic E-state index is -4.38. The molecule has 0 unspecified atom stereocenters. The van der Waals surface area contributed by atoms with Crippen LogP contribution in [0, 0.1) is 0 Å². The number of benzene rings is 1. The van der Waals surface area contributed by atoms with E-state index >= 15 is 0 Å². The van der Waals surface area contributed by atoms with E-state index in [9.17, 15) is 21.6 Å². The molecule has 0 aromatic heterocycles. The summed E-state index contributed by atoms with van der Waals surface area (Å²) >= 11 is 0. The van der Waals surface area contributed by atoms with Crippen LogP contribution in [0.5, 0.6) is 0 Å². The molecule has 0 saturated carbocycles. The van der Waals surface area contributed by atoms with E-state index < -0.39 is 29.2 Å². The Kier molecular flexibility index (Phi) is 6.63. The monoisotopic (exact) mass is 324 g/mol. The molecule has 0 saturated heterocycles. The maximum atomic E-state index is 12.0. The van der Waals surface area contributed by atoms with Gasteiger partial charge in [0, 0.05) is 13.1 Å². The van der Waals surface area contributed by atoms with Crippen LogP contribution in [-0.4, -0.2) is 27.7 Å². The first-order valence-corrected chi connectivity index (χ1v) is 8.09. The summed E-state index contributed by atoms with van der Waals surface area (Å²) in [6.45, 7) is 2.86. The summed E-state index contributed by atoms with van der Waals surface area (Å²) in [7, 11) is -3.90. The van der Waals surface area contributed by atoms with Crippen LogP contribution in [0.4, 0.5) is 13.2 Å². The summed E-state index contributed by atoms with van der Waals surface area (Å²) in [6, 6.07) is 6.06. The van der Waals surface area contributed by atoms with Crippen LogP contribution >= 0.6 is 0 Å². The first kappa shape index (κ1) is 17.9. The van der Waals surface area contributed by atoms with Crippen LogP contribution in [0.15, 0.2) is 29.2 Å². The lowest BCUT2D eigenvalue weighted by molar-refractivity contribution is -0.132. The van der Waals surface area contributed by atoms with E-state index in [1.807, 2.05) is 11.6 Å². The van der Waals surface area contributed by atoms with Gasteiger partial charge in [-0.3, -0.25) is 0 Å². The van der Waals surface area contributed by atoms with E-state index in [-0.39, 0.29) is 4.90 Å². The molecule has 0 spiro atoms. The topological polar surface area (TPSA) is 58.2 Å². The van der Waals surface area contributed by atoms with Crippen molar-refractivity contribution in [3.05, 3.63) is 29.8 Å². The third kappa shape index (κ3) is 6.92. The van der Waals surface area contributed by atoms with Crippen LogP contribution < -0.4 is 10.0 Å². The zero-order chi connectivity index (χ0) is 15.9. The van der Waals surface area contributed by atoms with Gasteiger partial charge in [-0.15, -0.1) is 0 Å². The normalized spacial score (nSPS) is 12.6. The Morgan fingerprint density at radius 1 is 1.10 bits per heavy atom. The summed E-state index contributed by atoms with van der Waals surface area (Å²) in [6.07, 6.45) is -4.57. The third-order valence-corrected chi connectivity index (χ3v) is 4.17. The van der Waals surface area contributed by atoms with Crippen molar-refractivity contribution in [2.24, 2.45) is 0 Å². The Bertz CT molecular complexity index is 527. The van der Waals surface area contributed by atoms with Crippen molar-refractivity contribution in [1.82, 2.24) is 10.0 Å². The molecule has 2 N–H and O–H groups in total. The van der Waals surface area contributed by atoms with E-state index in [1.54, 1.807) is 12.1 Å². The van der Waals surface area contributed by atoms with Crippen molar-refractivity contribution in [1.29, 1.82) is 0 Å². The third-order valence-electron chi connectivity index (χ3n) is 2.69. The van der Waals surface area contributed by atoms with Gasteiger partial charge in [-0.1, -0.05) is 19.1 Å². The van der Waals surface area contributed by atoms with Crippen LogP contribution in [-0.2, 0) is 16.6 Å². The lowest BCUT2D eigenvalue weighted by atomic mass is 10.2. The standard InChI is InChI=1S/C13H19F3N2O2S/c1-2-8-17-10-11-3-5-12(6-4-11)21(19,20)18-9-7-13(14,15)16/h3-6,17-18H,2,7-10H2,1H3. The molecule has 8 heteroatoms. The SMILES string of the molecule is CCCNCc1ccc(S(=O)(=O)NCCC(F)(F)F)cc1. The molecule has 0 heterocycles. The fourth-order valence-electron chi connectivity index (χ4n) is 1.61. The van der Waals surface area contributed by atoms with E-state index in [0.717, 1.165) is 18.5 Å². The number of hydrogen-bond donors (Lipinski definition) is 2. The Hall–Kier alpha value is -1.12. The average molecular weight is 324 g/mol. The van der Waals surface area contributed by atoms with E-state index in [2.05, 4.69) is 5.32 Å². The van der Waals surface area contributed by atoms with Crippen LogP contribution in [0.3, 0.4) is 0 Å². The van der Waals surface area contributed by atoms with E-state index in [4.69, 9.17) is 0 Å². The van der Waals surface area contributed by atoms with Crippen molar-refractivity contribution in [2.75, 3.05) is 13.1 Å². The van der Waals surface area contributed by atoms with E-state index in [1.165, 1.54) is 12.1 Å². The summed E-state index contributed by atoms with van der Waals surface area (Å²) < 4.78 is 61.5. The highest BCUT2D eigenvalue weighted by Gasteiger charge is 2.27. The molecule has 4 nitrogen and oxygen atoms in total. The quantitative estimate of drug-likeness (QED) is 0.722. The maximum Gasteiger partial charge on any atom is 0.390 e. The molecule has 0 amide bonds. The van der Waals surface area contributed by atoms with Gasteiger partial charge in [0.05, 0.1) is 11.3 Å². The van der Waals surface area contributed by atoms with Crippen LogP contribution in [0.2, 0.25) is 0 Å². The number of halogens is 3. The molecular weight excluding hydrogens is 305 g/mol. The summed E-state index contributed by atoms with van der Waals surface area (Å²) in [5.74, 6) is 0. The highest BCUT2D eigenvalue weighted by atomic mass is 32.2. The predicted molar refractivity (Wildman–Crippen MR) is 74.3 cm³/mol. The van der Waals surface area contributed by atoms with Gasteiger partial charge in [0.1, 0.15) is 0 Å². The molecule has 1 rings (SSSR count). The number of sulfonamides is 1. The van der Waals surface area contributed by atoms with Gasteiger partial charge in [-0.05, 0) is 30.7 Å². The van der Waals surface area contributed by atoms with E-state index in [0.29, 0.717) is 6.54 Å². The van der Waals surface area contributed by atoms with Crippen molar-refractivity contribution in [2.45, 2.75) is 37.4 Å². The first-order chi connectivity index (χ1) is 9.74. The molecule has 1 aromatic carbocycles. The number of rotatable bonds is 8. The molecule has 21 heavy (non-hydrogen) atoms. The van der Waals surface area contributed by atoms with Crippen molar-refractivity contribution >= 4 is 10.0 Å². The first-order valence-electron chi connectivity index (χ1n) is 6.60. The Morgan fingerprint density at radius 3 is 2.24 bits per heavy atom. The average Bonchev–Trinajstić information content (AvgIpc) is 2.38. The Balaban J connectivity index is 2.59. The second-order valence-corrected chi connectivity index (χ2v) is 6.35. The minimum Gasteiger partial charge on any atom is -0.313 e. The van der Waals surface area contributed by atoms with Gasteiger partial charge in [0.15, 0.2) is 0 Å². The maximum absolute atomic E-state index is 12.0. The molecule has 0 atom stereocenters. The number of hydrogen-bond acceptors (Lipinski definition) is 3. The minimum absolute atomic E-state index is 0.0380. The highest BCUT2D eigenvalue weighted by molar-refractivity contribution is 7.89. The molecule has 0 bridgehead atoms. The van der Waals surface area contributed by atoms with Crippen molar-refractivity contribution in [3.63, 3.8) is 0 Å². The van der Waals surface area contributed by atoms with Gasteiger partial charge in [0.25, 0.3) is 0 Å². The fraction of sp³-hybridized carbons (Fsp3) is 0.538. The number of nitrogens with one attached hydrogen (secondary N) is 2. The van der Waals surface area contributed by atoms with Crippen LogP contribution in [0.25, 0.3) is 0 Å². The molecule has 120 valence electrons. The zero-order valence-corrected chi connectivity index (χ0v) is 12.5. The van der Waals surface area contributed by atoms with Gasteiger partial charge in [-0.25, -0.2) is 13.1 Å². The molecule has 0 radical (unpaired) electrons. The van der Waals surface area contributed by atoms with Crippen molar-refractivity contribution < 1.29 is 21.6 Å². The summed E-state index contributed by atoms with van der Waals surface area (Å²) in [5, 5.41) is 3.17. The molecule has 0 aliphatic rings. The molecule has 0 aliphatic heterocycles. The largest absolute Gasteiger partial charge is 0.390 e. The van der Waals surface area contributed by atoms with Gasteiger partial charge in [0.2, 0.25) is 10.0 Å². The molecular formula is C13H19F3N2O2S. The molecule has 0 aliphatic carbocycles. The lowest BCUT2D eigenvalue weighted by Crippen LogP contribution is -2.28. The summed E-state index contributed by atoms with van der Waals surface area (Å²) in [4.78, 5) is -0.0380. The second-order valence-electron chi connectivity index (χ2n) is 4.58.